The Morgan fingerprint density at radius 1 is 1.14 bits per heavy atom. The van der Waals surface area contributed by atoms with Crippen LogP contribution in [0.2, 0.25) is 5.02 Å². The summed E-state index contributed by atoms with van der Waals surface area (Å²) < 4.78 is 11.5. The van der Waals surface area contributed by atoms with E-state index in [0.29, 0.717) is 11.6 Å². The normalized spacial score (nSPS) is 11.4. The number of hydrogen-bond donors (Lipinski definition) is 0. The number of rotatable bonds is 8. The number of aldehydes is 1. The molecule has 3 aromatic rings. The average molecular weight is 415 g/mol. The van der Waals surface area contributed by atoms with Gasteiger partial charge in [0, 0.05) is 21.9 Å². The van der Waals surface area contributed by atoms with Crippen molar-refractivity contribution in [3.63, 3.8) is 0 Å². The Morgan fingerprint density at radius 3 is 2.61 bits per heavy atom. The van der Waals surface area contributed by atoms with E-state index in [-0.39, 0.29) is 4.75 Å². The molecule has 2 aromatic carbocycles. The fraction of sp³-hybridized carbons (Fsp3) is 0.261. The van der Waals surface area contributed by atoms with Crippen molar-refractivity contribution in [2.24, 2.45) is 0 Å². The van der Waals surface area contributed by atoms with Crippen LogP contribution in [0.15, 0.2) is 59.0 Å². The van der Waals surface area contributed by atoms with E-state index in [1.165, 1.54) is 0 Å². The molecule has 5 heteroatoms. The maximum atomic E-state index is 11.1. The van der Waals surface area contributed by atoms with Crippen molar-refractivity contribution in [2.45, 2.75) is 37.9 Å². The highest BCUT2D eigenvalue weighted by molar-refractivity contribution is 8.00. The second kappa shape index (κ2) is 8.89. The first-order valence-corrected chi connectivity index (χ1v) is 10.4. The molecular weight excluding hydrogens is 392 g/mol. The van der Waals surface area contributed by atoms with Crippen molar-refractivity contribution in [3.8, 4) is 17.1 Å². The third-order valence-electron chi connectivity index (χ3n) is 4.34. The van der Waals surface area contributed by atoms with Crippen LogP contribution in [0, 0.1) is 6.92 Å². The van der Waals surface area contributed by atoms with Gasteiger partial charge in [-0.2, -0.15) is 0 Å². The lowest BCUT2D eigenvalue weighted by atomic mass is 10.1. The third-order valence-corrected chi connectivity index (χ3v) is 5.91. The molecule has 0 bridgehead atoms. The van der Waals surface area contributed by atoms with Crippen LogP contribution < -0.4 is 4.74 Å². The van der Waals surface area contributed by atoms with Gasteiger partial charge in [0.25, 0.3) is 0 Å². The van der Waals surface area contributed by atoms with Crippen LogP contribution in [-0.4, -0.2) is 11.0 Å². The molecule has 0 N–H and O–H groups in total. The minimum atomic E-state index is -0.386. The Hall–Kier alpha value is -2.17. The number of benzene rings is 2. The summed E-state index contributed by atoms with van der Waals surface area (Å²) in [5, 5.41) is 0.699. The number of hydrogen-bond acceptors (Lipinski definition) is 4. The minimum absolute atomic E-state index is 0.386. The van der Waals surface area contributed by atoms with Crippen molar-refractivity contribution in [2.75, 3.05) is 0 Å². The first-order valence-electron chi connectivity index (χ1n) is 9.03. The van der Waals surface area contributed by atoms with Crippen LogP contribution in [0.1, 0.15) is 30.7 Å². The lowest BCUT2D eigenvalue weighted by Gasteiger charge is -2.16. The highest BCUT2D eigenvalue weighted by Crippen LogP contribution is 2.29. The third kappa shape index (κ3) is 5.43. The predicted octanol–water partition coefficient (Wildman–Crippen LogP) is 6.70. The highest BCUT2D eigenvalue weighted by atomic mass is 35.5. The van der Waals surface area contributed by atoms with E-state index in [1.807, 2.05) is 75.4 Å². The van der Waals surface area contributed by atoms with E-state index >= 15 is 0 Å². The van der Waals surface area contributed by atoms with Crippen LogP contribution in [0.5, 0.6) is 5.75 Å². The molecule has 0 atom stereocenters. The van der Waals surface area contributed by atoms with E-state index in [1.54, 1.807) is 11.8 Å². The molecule has 3 nitrogen and oxygen atoms in total. The molecule has 3 rings (SSSR count). The van der Waals surface area contributed by atoms with Gasteiger partial charge in [-0.05, 0) is 68.8 Å². The lowest BCUT2D eigenvalue weighted by Crippen LogP contribution is -2.16. The molecule has 146 valence electrons. The zero-order valence-electron chi connectivity index (χ0n) is 16.2. The Bertz CT molecular complexity index is 945. The summed E-state index contributed by atoms with van der Waals surface area (Å²) in [5.41, 5.74) is 3.12. The minimum Gasteiger partial charge on any atom is -0.489 e. The molecule has 0 unspecified atom stereocenters. The standard InChI is InChI=1S/C23H23ClO3S/c1-16-19(12-22(27-16)18-7-9-20(24)10-8-18)13-26-21-6-4-5-17(11-21)14-28-23(2,3)15-25/h4-12,15H,13-14H2,1-3H3. The topological polar surface area (TPSA) is 39.4 Å². The summed E-state index contributed by atoms with van der Waals surface area (Å²) in [5.74, 6) is 3.20. The summed E-state index contributed by atoms with van der Waals surface area (Å²) in [4.78, 5) is 11.1. The van der Waals surface area contributed by atoms with Crippen LogP contribution >= 0.6 is 23.4 Å². The first-order chi connectivity index (χ1) is 13.4. The maximum Gasteiger partial charge on any atom is 0.135 e. The van der Waals surface area contributed by atoms with E-state index in [4.69, 9.17) is 20.8 Å². The number of carbonyl (C=O) groups excluding carboxylic acids is 1. The van der Waals surface area contributed by atoms with Gasteiger partial charge in [0.2, 0.25) is 0 Å². The van der Waals surface area contributed by atoms with E-state index < -0.39 is 0 Å². The smallest absolute Gasteiger partial charge is 0.135 e. The number of carbonyl (C=O) groups is 1. The molecule has 0 amide bonds. The van der Waals surface area contributed by atoms with Gasteiger partial charge in [0.1, 0.15) is 30.2 Å². The second-order valence-corrected chi connectivity index (χ2v) is 9.21. The molecule has 0 saturated carbocycles. The van der Waals surface area contributed by atoms with Gasteiger partial charge < -0.3 is 13.9 Å². The first kappa shape index (κ1) is 20.6. The van der Waals surface area contributed by atoms with Crippen molar-refractivity contribution < 1.29 is 13.9 Å². The number of furan rings is 1. The predicted molar refractivity (Wildman–Crippen MR) is 116 cm³/mol. The van der Waals surface area contributed by atoms with Gasteiger partial charge in [-0.3, -0.25) is 0 Å². The molecule has 1 aromatic heterocycles. The van der Waals surface area contributed by atoms with Gasteiger partial charge in [0.15, 0.2) is 0 Å². The summed E-state index contributed by atoms with van der Waals surface area (Å²) in [6.45, 7) is 6.21. The van der Waals surface area contributed by atoms with Crippen LogP contribution in [0.4, 0.5) is 0 Å². The monoisotopic (exact) mass is 414 g/mol. The number of thioether (sulfide) groups is 1. The van der Waals surface area contributed by atoms with Crippen molar-refractivity contribution in [3.05, 3.63) is 76.5 Å². The molecule has 0 aliphatic rings. The summed E-state index contributed by atoms with van der Waals surface area (Å²) in [6, 6.07) is 17.5. The molecule has 1 heterocycles. The molecule has 28 heavy (non-hydrogen) atoms. The van der Waals surface area contributed by atoms with Crippen LogP contribution in [0.3, 0.4) is 0 Å². The summed E-state index contributed by atoms with van der Waals surface area (Å²) in [7, 11) is 0. The van der Waals surface area contributed by atoms with Crippen molar-refractivity contribution >= 4 is 29.6 Å². The molecular formula is C23H23ClO3S. The van der Waals surface area contributed by atoms with Crippen molar-refractivity contribution in [1.82, 2.24) is 0 Å². The molecule has 0 spiro atoms. The zero-order valence-corrected chi connectivity index (χ0v) is 17.8. The molecule has 0 aliphatic heterocycles. The average Bonchev–Trinajstić information content (AvgIpc) is 3.06. The van der Waals surface area contributed by atoms with Gasteiger partial charge in [-0.25, -0.2) is 0 Å². The largest absolute Gasteiger partial charge is 0.489 e. The number of halogens is 1. The zero-order chi connectivity index (χ0) is 20.1. The quantitative estimate of drug-likeness (QED) is 0.384. The number of ether oxygens (including phenoxy) is 1. The van der Waals surface area contributed by atoms with Gasteiger partial charge >= 0.3 is 0 Å². The Morgan fingerprint density at radius 2 is 1.89 bits per heavy atom. The molecule has 0 saturated heterocycles. The van der Waals surface area contributed by atoms with Crippen LogP contribution in [-0.2, 0) is 17.2 Å². The Labute approximate surface area is 175 Å². The molecule has 0 fully saturated rings. The van der Waals surface area contributed by atoms with E-state index in [9.17, 15) is 4.79 Å². The van der Waals surface area contributed by atoms with Gasteiger partial charge in [-0.1, -0.05) is 23.7 Å². The fourth-order valence-electron chi connectivity index (χ4n) is 2.61. The Balaban J connectivity index is 1.65. The van der Waals surface area contributed by atoms with Crippen molar-refractivity contribution in [1.29, 1.82) is 0 Å². The lowest BCUT2D eigenvalue weighted by molar-refractivity contribution is -0.109. The Kier molecular flexibility index (Phi) is 6.53. The number of aryl methyl sites for hydroxylation is 1. The van der Waals surface area contributed by atoms with E-state index in [0.717, 1.165) is 46.0 Å². The second-order valence-electron chi connectivity index (χ2n) is 7.15. The highest BCUT2D eigenvalue weighted by Gasteiger charge is 2.17. The van der Waals surface area contributed by atoms with Crippen LogP contribution in [0.25, 0.3) is 11.3 Å². The molecule has 0 aliphatic carbocycles. The summed E-state index contributed by atoms with van der Waals surface area (Å²) in [6.07, 6.45) is 0.984. The fourth-order valence-corrected chi connectivity index (χ4v) is 3.52. The SMILES string of the molecule is Cc1oc(-c2ccc(Cl)cc2)cc1COc1cccc(CSC(C)(C)C=O)c1. The maximum absolute atomic E-state index is 11.1. The van der Waals surface area contributed by atoms with Gasteiger partial charge in [-0.15, -0.1) is 11.8 Å². The van der Waals surface area contributed by atoms with E-state index in [2.05, 4.69) is 0 Å². The summed E-state index contributed by atoms with van der Waals surface area (Å²) >= 11 is 7.56. The molecule has 0 radical (unpaired) electrons. The van der Waals surface area contributed by atoms with Gasteiger partial charge in [0.05, 0.1) is 4.75 Å².